The van der Waals surface area contributed by atoms with Crippen LogP contribution in [0.5, 0.6) is 11.5 Å². The van der Waals surface area contributed by atoms with Gasteiger partial charge in [0.25, 0.3) is 0 Å². The highest BCUT2D eigenvalue weighted by atomic mass is 28.3. The first-order valence-electron chi connectivity index (χ1n) is 8.72. The summed E-state index contributed by atoms with van der Waals surface area (Å²) in [6.45, 7) is 11.4. The average molecular weight is 341 g/mol. The second-order valence-electron chi connectivity index (χ2n) is 8.18. The van der Waals surface area contributed by atoms with Gasteiger partial charge in [-0.15, -0.1) is 11.5 Å². The Morgan fingerprint density at radius 2 is 1.62 bits per heavy atom. The Labute approximate surface area is 147 Å². The van der Waals surface area contributed by atoms with E-state index in [4.69, 9.17) is 9.47 Å². The standard InChI is InChI=1S/C21H28O2Si/c1-13(2)20-16-10-14(8-9-24(5,6)7)21(20)17-12-19(23-4)18(22-3)11-15(16)17/h11-12,14,16,21H,10H2,1-7H3. The molecular weight excluding hydrogens is 312 g/mol. The predicted octanol–water partition coefficient (Wildman–Crippen LogP) is 5.12. The molecule has 2 aliphatic carbocycles. The molecule has 1 aromatic rings. The number of ether oxygens (including phenoxy) is 2. The van der Waals surface area contributed by atoms with E-state index in [1.54, 1.807) is 19.8 Å². The summed E-state index contributed by atoms with van der Waals surface area (Å²) < 4.78 is 11.1. The number of allylic oxidation sites excluding steroid dienone is 2. The molecule has 128 valence electrons. The SMILES string of the molecule is COc1cc2c(cc1OC)C1C(=C(C)C)C2CC1C#C[Si](C)(C)C. The van der Waals surface area contributed by atoms with Gasteiger partial charge in [0, 0.05) is 17.8 Å². The minimum absolute atomic E-state index is 0.429. The Morgan fingerprint density at radius 3 is 2.12 bits per heavy atom. The summed E-state index contributed by atoms with van der Waals surface area (Å²) in [6, 6.07) is 4.37. The maximum atomic E-state index is 5.54. The second kappa shape index (κ2) is 6.00. The molecule has 0 N–H and O–H groups in total. The minimum atomic E-state index is -1.35. The van der Waals surface area contributed by atoms with Crippen LogP contribution >= 0.6 is 0 Å². The van der Waals surface area contributed by atoms with Crippen LogP contribution in [0.3, 0.4) is 0 Å². The van der Waals surface area contributed by atoms with Crippen LogP contribution in [0.4, 0.5) is 0 Å². The van der Waals surface area contributed by atoms with Gasteiger partial charge in [-0.3, -0.25) is 0 Å². The second-order valence-corrected chi connectivity index (χ2v) is 12.9. The topological polar surface area (TPSA) is 18.5 Å². The Hall–Kier alpha value is -1.66. The smallest absolute Gasteiger partial charge is 0.161 e. The molecule has 1 aromatic carbocycles. The molecule has 1 fully saturated rings. The fourth-order valence-corrected chi connectivity index (χ4v) is 4.84. The van der Waals surface area contributed by atoms with E-state index in [9.17, 15) is 0 Å². The average Bonchev–Trinajstić information content (AvgIpc) is 3.04. The molecule has 0 saturated heterocycles. The molecule has 2 aliphatic rings. The molecule has 0 heterocycles. The summed E-state index contributed by atoms with van der Waals surface area (Å²) in [4.78, 5) is 0. The molecular formula is C21H28O2Si. The monoisotopic (exact) mass is 340 g/mol. The van der Waals surface area contributed by atoms with Gasteiger partial charge in [0.1, 0.15) is 8.07 Å². The summed E-state index contributed by atoms with van der Waals surface area (Å²) >= 11 is 0. The molecule has 3 atom stereocenters. The van der Waals surface area contributed by atoms with Crippen molar-refractivity contribution in [1.29, 1.82) is 0 Å². The highest BCUT2D eigenvalue weighted by Gasteiger charge is 2.48. The third-order valence-corrected chi connectivity index (χ3v) is 6.01. The molecule has 2 bridgehead atoms. The largest absolute Gasteiger partial charge is 0.493 e. The van der Waals surface area contributed by atoms with Gasteiger partial charge in [-0.05, 0) is 43.5 Å². The van der Waals surface area contributed by atoms with Crippen molar-refractivity contribution in [3.63, 3.8) is 0 Å². The molecule has 2 nitrogen and oxygen atoms in total. The van der Waals surface area contributed by atoms with Gasteiger partial charge in [0.2, 0.25) is 0 Å². The lowest BCUT2D eigenvalue weighted by atomic mass is 9.83. The van der Waals surface area contributed by atoms with E-state index in [-0.39, 0.29) is 0 Å². The lowest BCUT2D eigenvalue weighted by Gasteiger charge is -2.22. The van der Waals surface area contributed by atoms with Gasteiger partial charge in [-0.2, -0.15) is 0 Å². The van der Waals surface area contributed by atoms with E-state index < -0.39 is 8.07 Å². The number of benzene rings is 1. The number of fused-ring (bicyclic) bond motifs is 5. The van der Waals surface area contributed by atoms with Crippen LogP contribution in [0.2, 0.25) is 19.6 Å². The van der Waals surface area contributed by atoms with Crippen molar-refractivity contribution < 1.29 is 9.47 Å². The van der Waals surface area contributed by atoms with Crippen molar-refractivity contribution in [2.24, 2.45) is 5.92 Å². The molecule has 3 unspecified atom stereocenters. The van der Waals surface area contributed by atoms with E-state index in [0.29, 0.717) is 17.8 Å². The maximum absolute atomic E-state index is 5.54. The summed E-state index contributed by atoms with van der Waals surface area (Å²) in [5, 5.41) is 0. The maximum Gasteiger partial charge on any atom is 0.161 e. The molecule has 0 aromatic heterocycles. The van der Waals surface area contributed by atoms with Gasteiger partial charge in [0.05, 0.1) is 14.2 Å². The van der Waals surface area contributed by atoms with E-state index >= 15 is 0 Å². The highest BCUT2D eigenvalue weighted by Crippen LogP contribution is 2.62. The third-order valence-electron chi connectivity index (χ3n) is 5.11. The zero-order chi connectivity index (χ0) is 17.6. The van der Waals surface area contributed by atoms with Crippen LogP contribution in [0.15, 0.2) is 23.3 Å². The van der Waals surface area contributed by atoms with E-state index in [1.165, 1.54) is 16.7 Å². The van der Waals surface area contributed by atoms with Crippen molar-refractivity contribution in [3.05, 3.63) is 34.4 Å². The van der Waals surface area contributed by atoms with Crippen molar-refractivity contribution in [1.82, 2.24) is 0 Å². The summed E-state index contributed by atoms with van der Waals surface area (Å²) in [5.74, 6) is 6.68. The summed E-state index contributed by atoms with van der Waals surface area (Å²) in [7, 11) is 2.07. The highest BCUT2D eigenvalue weighted by molar-refractivity contribution is 6.83. The molecule has 3 rings (SSSR count). The molecule has 0 aliphatic heterocycles. The van der Waals surface area contributed by atoms with Crippen molar-refractivity contribution in [2.75, 3.05) is 14.2 Å². The Bertz CT molecular complexity index is 755. The third kappa shape index (κ3) is 2.78. The van der Waals surface area contributed by atoms with Crippen LogP contribution in [0.1, 0.15) is 43.2 Å². The van der Waals surface area contributed by atoms with Crippen molar-refractivity contribution in [2.45, 2.75) is 51.7 Å². The van der Waals surface area contributed by atoms with Crippen LogP contribution in [-0.2, 0) is 0 Å². The lowest BCUT2D eigenvalue weighted by molar-refractivity contribution is 0.353. The van der Waals surface area contributed by atoms with Gasteiger partial charge in [0.15, 0.2) is 11.5 Å². The van der Waals surface area contributed by atoms with E-state index in [1.807, 2.05) is 0 Å². The Morgan fingerprint density at radius 1 is 1.04 bits per heavy atom. The van der Waals surface area contributed by atoms with Crippen molar-refractivity contribution >= 4 is 8.07 Å². The first kappa shape index (κ1) is 17.2. The molecule has 3 heteroatoms. The zero-order valence-electron chi connectivity index (χ0n) is 15.9. The Balaban J connectivity index is 2.11. The number of rotatable bonds is 2. The van der Waals surface area contributed by atoms with Gasteiger partial charge in [-0.25, -0.2) is 0 Å². The van der Waals surface area contributed by atoms with E-state index in [2.05, 4.69) is 57.1 Å². The fourth-order valence-electron chi connectivity index (χ4n) is 4.22. The molecule has 0 radical (unpaired) electrons. The van der Waals surface area contributed by atoms with Crippen LogP contribution < -0.4 is 9.47 Å². The quantitative estimate of drug-likeness (QED) is 0.422. The zero-order valence-corrected chi connectivity index (χ0v) is 16.9. The van der Waals surface area contributed by atoms with E-state index in [0.717, 1.165) is 17.9 Å². The fraction of sp³-hybridized carbons (Fsp3) is 0.524. The predicted molar refractivity (Wildman–Crippen MR) is 103 cm³/mol. The van der Waals surface area contributed by atoms with Gasteiger partial charge < -0.3 is 9.47 Å². The molecule has 0 amide bonds. The van der Waals surface area contributed by atoms with Crippen LogP contribution in [-0.4, -0.2) is 22.3 Å². The minimum Gasteiger partial charge on any atom is -0.493 e. The molecule has 0 spiro atoms. The normalized spacial score (nSPS) is 24.3. The first-order chi connectivity index (χ1) is 11.3. The van der Waals surface area contributed by atoms with Gasteiger partial charge in [-0.1, -0.05) is 30.8 Å². The molecule has 24 heavy (non-hydrogen) atoms. The van der Waals surface area contributed by atoms with Crippen molar-refractivity contribution in [3.8, 4) is 23.0 Å². The van der Waals surface area contributed by atoms with Crippen LogP contribution in [0.25, 0.3) is 0 Å². The lowest BCUT2D eigenvalue weighted by Crippen LogP contribution is -2.18. The summed E-state index contributed by atoms with van der Waals surface area (Å²) in [6.07, 6.45) is 1.14. The first-order valence-corrected chi connectivity index (χ1v) is 12.2. The van der Waals surface area contributed by atoms with Crippen LogP contribution in [0, 0.1) is 17.4 Å². The number of methoxy groups -OCH3 is 2. The number of hydrogen-bond acceptors (Lipinski definition) is 2. The number of hydrogen-bond donors (Lipinski definition) is 0. The van der Waals surface area contributed by atoms with Gasteiger partial charge >= 0.3 is 0 Å². The summed E-state index contributed by atoms with van der Waals surface area (Å²) in [5.41, 5.74) is 9.44. The molecule has 1 saturated carbocycles. The Kier molecular flexibility index (Phi) is 4.30.